The van der Waals surface area contributed by atoms with E-state index in [2.05, 4.69) is 36.1 Å². The van der Waals surface area contributed by atoms with Gasteiger partial charge < -0.3 is 25.6 Å². The van der Waals surface area contributed by atoms with Crippen LogP contribution in [0, 0.1) is 0 Å². The van der Waals surface area contributed by atoms with Crippen LogP contribution in [0.2, 0.25) is 0 Å². The molecule has 1 unspecified atom stereocenters. The van der Waals surface area contributed by atoms with Gasteiger partial charge in [0.25, 0.3) is 23.6 Å². The summed E-state index contributed by atoms with van der Waals surface area (Å²) in [6.07, 6.45) is -0.661. The van der Waals surface area contributed by atoms with Gasteiger partial charge in [-0.3, -0.25) is 43.9 Å². The molecule has 0 bridgehead atoms. The Labute approximate surface area is 377 Å². The number of nitrogens with zero attached hydrogens (tertiary/aromatic N) is 5. The Morgan fingerprint density at radius 2 is 1.67 bits per heavy atom. The van der Waals surface area contributed by atoms with Crippen molar-refractivity contribution in [3.8, 4) is 5.75 Å². The first-order valence-electron chi connectivity index (χ1n) is 21.1. The summed E-state index contributed by atoms with van der Waals surface area (Å²) in [5.41, 5.74) is 0.216. The topological polar surface area (TPSA) is 229 Å². The lowest BCUT2D eigenvalue weighted by Gasteiger charge is -2.34. The first-order valence-corrected chi connectivity index (χ1v) is 23.0. The number of imide groups is 2. The third-order valence-electron chi connectivity index (χ3n) is 11.2. The number of carbonyl (C=O) groups is 6. The van der Waals surface area contributed by atoms with E-state index < -0.39 is 69.6 Å². The molecule has 1 atom stereocenters. The van der Waals surface area contributed by atoms with E-state index in [-0.39, 0.29) is 53.0 Å². The minimum atomic E-state index is -4.76. The summed E-state index contributed by atoms with van der Waals surface area (Å²) in [5, 5.41) is 10.5. The summed E-state index contributed by atoms with van der Waals surface area (Å²) in [7, 11) is -3.52. The van der Waals surface area contributed by atoms with Crippen molar-refractivity contribution in [1.29, 1.82) is 0 Å². The van der Waals surface area contributed by atoms with Crippen molar-refractivity contribution in [3.63, 3.8) is 0 Å². The molecule has 4 N–H and O–H groups in total. The summed E-state index contributed by atoms with van der Waals surface area (Å²) in [6, 6.07) is 15.6. The van der Waals surface area contributed by atoms with Gasteiger partial charge in [0, 0.05) is 69.4 Å². The van der Waals surface area contributed by atoms with Crippen molar-refractivity contribution in [1.82, 2.24) is 35.3 Å². The number of carbonyl (C=O) groups excluding carboxylic acids is 6. The van der Waals surface area contributed by atoms with Gasteiger partial charge in [0.15, 0.2) is 16.4 Å². The molecule has 348 valence electrons. The summed E-state index contributed by atoms with van der Waals surface area (Å²) in [4.78, 5) is 88.9. The molecule has 2 saturated heterocycles. The smallest absolute Gasteiger partial charge is 0.421 e. The lowest BCUT2D eigenvalue weighted by molar-refractivity contribution is -0.138. The van der Waals surface area contributed by atoms with Gasteiger partial charge in [-0.1, -0.05) is 24.6 Å². The van der Waals surface area contributed by atoms with Gasteiger partial charge in [0.1, 0.15) is 23.2 Å². The average Bonchev–Trinajstić information content (AvgIpc) is 3.54. The van der Waals surface area contributed by atoms with E-state index in [1.807, 2.05) is 0 Å². The van der Waals surface area contributed by atoms with Crippen LogP contribution in [0.15, 0.2) is 77.8 Å². The third-order valence-corrected chi connectivity index (χ3v) is 12.3. The normalized spacial score (nSPS) is 16.8. The number of benzene rings is 3. The molecule has 1 aromatic heterocycles. The molecule has 2 fully saturated rings. The van der Waals surface area contributed by atoms with E-state index >= 15 is 0 Å². The Morgan fingerprint density at radius 3 is 2.38 bits per heavy atom. The number of unbranched alkanes of at least 4 members (excludes halogenated alkanes) is 2. The van der Waals surface area contributed by atoms with Crippen LogP contribution >= 0.6 is 0 Å². The molecule has 4 heterocycles. The number of hydrogen-bond acceptors (Lipinski definition) is 14. The summed E-state index contributed by atoms with van der Waals surface area (Å²) >= 11 is 0. The molecule has 18 nitrogen and oxygen atoms in total. The number of aromatic nitrogens is 2. The number of rotatable bonds is 17. The quantitative estimate of drug-likeness (QED) is 0.0873. The van der Waals surface area contributed by atoms with Crippen molar-refractivity contribution in [2.45, 2.75) is 55.8 Å². The van der Waals surface area contributed by atoms with Crippen molar-refractivity contribution in [2.75, 3.05) is 62.8 Å². The monoisotopic (exact) mass is 933 g/mol. The Hall–Kier alpha value is -6.94. The summed E-state index contributed by atoms with van der Waals surface area (Å²) in [5.74, 6) is -3.76. The van der Waals surface area contributed by atoms with Gasteiger partial charge in [-0.2, -0.15) is 18.2 Å². The van der Waals surface area contributed by atoms with Gasteiger partial charge in [0.2, 0.25) is 17.8 Å². The van der Waals surface area contributed by atoms with E-state index in [1.54, 1.807) is 35.2 Å². The molecular weight excluding hydrogens is 888 g/mol. The van der Waals surface area contributed by atoms with Crippen LogP contribution in [-0.2, 0) is 36.9 Å². The van der Waals surface area contributed by atoms with Crippen LogP contribution in [0.1, 0.15) is 74.3 Å². The summed E-state index contributed by atoms with van der Waals surface area (Å²) < 4.78 is 71.0. The fourth-order valence-corrected chi connectivity index (χ4v) is 8.39. The van der Waals surface area contributed by atoms with Crippen molar-refractivity contribution >= 4 is 62.7 Å². The number of nitrogens with one attached hydrogen (secondary N) is 4. The Bertz CT molecular complexity index is 2640. The second kappa shape index (κ2) is 20.1. The van der Waals surface area contributed by atoms with Gasteiger partial charge in [-0.25, -0.2) is 13.4 Å². The van der Waals surface area contributed by atoms with Crippen LogP contribution < -0.4 is 26.0 Å². The van der Waals surface area contributed by atoms with Gasteiger partial charge in [0.05, 0.1) is 16.0 Å². The first-order chi connectivity index (χ1) is 31.5. The first kappa shape index (κ1) is 47.0. The third kappa shape index (κ3) is 11.3. The number of ether oxygens (including phenoxy) is 1. The van der Waals surface area contributed by atoms with Crippen LogP contribution in [0.3, 0.4) is 0 Å². The maximum absolute atomic E-state index is 13.8. The number of sulfone groups is 1. The molecule has 7 rings (SSSR count). The molecule has 66 heavy (non-hydrogen) atoms. The molecular formula is C44H46F3N9O9S. The van der Waals surface area contributed by atoms with Crippen LogP contribution in [0.25, 0.3) is 0 Å². The largest absolute Gasteiger partial charge is 0.483 e. The number of hydrogen-bond donors (Lipinski definition) is 4. The Morgan fingerprint density at radius 1 is 0.924 bits per heavy atom. The SMILES string of the molecule is CS(=O)(=O)c1cccc(CNc2nc(Nc3ccc(C(=O)N4CCN(CCCCCNC(=O)COc5cccc6c5C(=O)N(C5CCC(=O)NC5=O)C6=O)CC4)cc3)ncc2C(F)(F)F)c1. The number of halogens is 3. The lowest BCUT2D eigenvalue weighted by Crippen LogP contribution is -2.54. The minimum Gasteiger partial charge on any atom is -0.483 e. The molecule has 0 spiro atoms. The van der Waals surface area contributed by atoms with E-state index in [9.17, 15) is 50.4 Å². The highest BCUT2D eigenvalue weighted by Crippen LogP contribution is 2.35. The second-order valence-corrected chi connectivity index (χ2v) is 17.9. The Kier molecular flexibility index (Phi) is 14.3. The zero-order valence-electron chi connectivity index (χ0n) is 35.7. The molecule has 22 heteroatoms. The highest BCUT2D eigenvalue weighted by atomic mass is 32.2. The molecule has 4 aromatic rings. The minimum absolute atomic E-state index is 0.00688. The van der Waals surface area contributed by atoms with Crippen molar-refractivity contribution in [2.24, 2.45) is 0 Å². The van der Waals surface area contributed by atoms with Crippen molar-refractivity contribution < 1.29 is 55.1 Å². The highest BCUT2D eigenvalue weighted by Gasteiger charge is 2.46. The standard InChI is InChI=1S/C44H46F3N9O9S/c1-66(63,64)30-8-5-7-27(23-30)24-49-38-32(44(45,46)47)25-50-43(53-38)51-29-13-11-28(12-14-29)40(60)55-21-19-54(20-22-55)18-4-2-3-17-48-36(58)26-65-34-10-6-9-31-37(34)42(62)56(41(31)61)33-15-16-35(57)52-39(33)59/h5-14,23,25,33H,2-4,15-22,24,26H2,1H3,(H,48,58)(H,52,57,59)(H2,49,50,51,53). The van der Waals surface area contributed by atoms with E-state index in [1.165, 1.54) is 36.4 Å². The zero-order chi connectivity index (χ0) is 47.2. The van der Waals surface area contributed by atoms with Crippen LogP contribution in [-0.4, -0.2) is 127 Å². The number of alkyl halides is 3. The Balaban J connectivity index is 0.802. The van der Waals surface area contributed by atoms with Crippen molar-refractivity contribution in [3.05, 3.63) is 101 Å². The molecule has 6 amide bonds. The fraction of sp³-hybridized carbons (Fsp3) is 0.364. The maximum Gasteiger partial charge on any atom is 0.421 e. The predicted molar refractivity (Wildman–Crippen MR) is 231 cm³/mol. The summed E-state index contributed by atoms with van der Waals surface area (Å²) in [6.45, 7) is 3.05. The molecule has 0 aliphatic carbocycles. The molecule has 3 aliphatic rings. The van der Waals surface area contributed by atoms with Crippen LogP contribution in [0.4, 0.5) is 30.6 Å². The van der Waals surface area contributed by atoms with Crippen LogP contribution in [0.5, 0.6) is 5.75 Å². The molecule has 3 aromatic carbocycles. The highest BCUT2D eigenvalue weighted by molar-refractivity contribution is 7.90. The zero-order valence-corrected chi connectivity index (χ0v) is 36.5. The lowest BCUT2D eigenvalue weighted by atomic mass is 10.0. The number of piperazine rings is 1. The number of amides is 6. The number of anilines is 3. The maximum atomic E-state index is 13.8. The molecule has 0 radical (unpaired) electrons. The van der Waals surface area contributed by atoms with Gasteiger partial charge >= 0.3 is 6.18 Å². The second-order valence-electron chi connectivity index (χ2n) is 15.9. The van der Waals surface area contributed by atoms with E-state index in [0.717, 1.165) is 30.5 Å². The number of fused-ring (bicyclic) bond motifs is 1. The van der Waals surface area contributed by atoms with Gasteiger partial charge in [-0.05, 0) is 79.9 Å². The van der Waals surface area contributed by atoms with E-state index in [4.69, 9.17) is 4.74 Å². The fourth-order valence-electron chi connectivity index (χ4n) is 7.70. The number of piperidine rings is 1. The van der Waals surface area contributed by atoms with E-state index in [0.29, 0.717) is 62.2 Å². The average molecular weight is 934 g/mol. The molecule has 3 aliphatic heterocycles. The van der Waals surface area contributed by atoms with Gasteiger partial charge in [-0.15, -0.1) is 0 Å². The molecule has 0 saturated carbocycles. The predicted octanol–water partition coefficient (Wildman–Crippen LogP) is 3.78.